The van der Waals surface area contributed by atoms with Gasteiger partial charge >= 0.3 is 0 Å². The topological polar surface area (TPSA) is 63.8 Å². The molecule has 2 heterocycles. The zero-order valence-corrected chi connectivity index (χ0v) is 13.0. The zero-order chi connectivity index (χ0) is 15.0. The summed E-state index contributed by atoms with van der Waals surface area (Å²) in [7, 11) is 0. The molecule has 6 heteroatoms. The first-order valence-corrected chi connectivity index (χ1v) is 7.53. The molecule has 0 radical (unpaired) electrons. The third kappa shape index (κ3) is 2.48. The Labute approximate surface area is 126 Å². The van der Waals surface area contributed by atoms with Crippen LogP contribution in [0.4, 0.5) is 0 Å². The van der Waals surface area contributed by atoms with Gasteiger partial charge in [-0.25, -0.2) is 4.98 Å². The lowest BCUT2D eigenvalue weighted by atomic mass is 10.0. The molecule has 0 bridgehead atoms. The Balaban J connectivity index is 2.20. The van der Waals surface area contributed by atoms with Gasteiger partial charge in [-0.1, -0.05) is 17.3 Å². The lowest BCUT2D eigenvalue weighted by Crippen LogP contribution is -2.00. The van der Waals surface area contributed by atoms with Gasteiger partial charge in [-0.2, -0.15) is 4.68 Å². The van der Waals surface area contributed by atoms with Crippen LogP contribution in [0.2, 0.25) is 0 Å². The Bertz CT molecular complexity index is 791. The van der Waals surface area contributed by atoms with E-state index >= 15 is 0 Å². The lowest BCUT2D eigenvalue weighted by molar-refractivity contribution is 0.277. The van der Waals surface area contributed by atoms with Gasteiger partial charge in [0.2, 0.25) is 5.13 Å². The fourth-order valence-electron chi connectivity index (χ4n) is 2.17. The smallest absolute Gasteiger partial charge is 0.212 e. The van der Waals surface area contributed by atoms with Gasteiger partial charge in [-0.15, -0.1) is 16.4 Å². The van der Waals surface area contributed by atoms with Gasteiger partial charge in [-0.05, 0) is 38.0 Å². The van der Waals surface area contributed by atoms with E-state index in [2.05, 4.69) is 41.3 Å². The molecular formula is C15H16N4OS. The van der Waals surface area contributed by atoms with Crippen molar-refractivity contribution in [1.29, 1.82) is 0 Å². The van der Waals surface area contributed by atoms with E-state index < -0.39 is 0 Å². The van der Waals surface area contributed by atoms with Crippen LogP contribution in [0.5, 0.6) is 0 Å². The zero-order valence-electron chi connectivity index (χ0n) is 12.2. The maximum Gasteiger partial charge on any atom is 0.212 e. The summed E-state index contributed by atoms with van der Waals surface area (Å²) in [5.74, 6) is 0. The second-order valence-corrected chi connectivity index (χ2v) is 5.86. The fraction of sp³-hybridized carbons (Fsp3) is 0.267. The molecule has 21 heavy (non-hydrogen) atoms. The highest BCUT2D eigenvalue weighted by Crippen LogP contribution is 2.28. The van der Waals surface area contributed by atoms with Crippen molar-refractivity contribution in [3.8, 4) is 16.4 Å². The minimum absolute atomic E-state index is 0.146. The molecule has 2 aromatic heterocycles. The molecule has 0 fully saturated rings. The first kappa shape index (κ1) is 13.9. The Morgan fingerprint density at radius 3 is 2.62 bits per heavy atom. The molecule has 5 nitrogen and oxygen atoms in total. The molecule has 0 spiro atoms. The van der Waals surface area contributed by atoms with Crippen molar-refractivity contribution < 1.29 is 5.11 Å². The Morgan fingerprint density at radius 1 is 1.19 bits per heavy atom. The monoisotopic (exact) mass is 300 g/mol. The summed E-state index contributed by atoms with van der Waals surface area (Å²) in [6, 6.07) is 6.18. The van der Waals surface area contributed by atoms with Crippen LogP contribution < -0.4 is 0 Å². The number of aryl methyl sites for hydroxylation is 3. The van der Waals surface area contributed by atoms with E-state index in [1.54, 1.807) is 4.68 Å². The number of aliphatic hydroxyl groups excluding tert-OH is 1. The average Bonchev–Trinajstić information content (AvgIpc) is 3.07. The van der Waals surface area contributed by atoms with Crippen LogP contribution in [-0.4, -0.2) is 25.1 Å². The highest BCUT2D eigenvalue weighted by Gasteiger charge is 2.17. The fourth-order valence-corrected chi connectivity index (χ4v) is 2.92. The van der Waals surface area contributed by atoms with E-state index in [1.165, 1.54) is 22.5 Å². The molecular weight excluding hydrogens is 284 g/mol. The Kier molecular flexibility index (Phi) is 3.57. The molecule has 1 aromatic carbocycles. The average molecular weight is 300 g/mol. The summed E-state index contributed by atoms with van der Waals surface area (Å²) in [5.41, 5.74) is 5.72. The first-order valence-electron chi connectivity index (χ1n) is 6.65. The highest BCUT2D eigenvalue weighted by molar-refractivity contribution is 7.12. The summed E-state index contributed by atoms with van der Waals surface area (Å²) < 4.78 is 1.70. The SMILES string of the molecule is Cc1csc(-n2nnc(CO)c2-c2ccc(C)c(C)c2)n1. The van der Waals surface area contributed by atoms with E-state index in [-0.39, 0.29) is 6.61 Å². The second kappa shape index (κ2) is 5.38. The summed E-state index contributed by atoms with van der Waals surface area (Å²) in [5, 5.41) is 20.5. The molecule has 0 amide bonds. The molecule has 0 saturated heterocycles. The van der Waals surface area contributed by atoms with Crippen LogP contribution in [0.25, 0.3) is 16.4 Å². The van der Waals surface area contributed by atoms with Gasteiger partial charge < -0.3 is 5.11 Å². The lowest BCUT2D eigenvalue weighted by Gasteiger charge is -2.07. The number of aliphatic hydroxyl groups is 1. The number of rotatable bonds is 3. The Morgan fingerprint density at radius 2 is 2.00 bits per heavy atom. The van der Waals surface area contributed by atoms with Crippen LogP contribution in [-0.2, 0) is 6.61 Å². The second-order valence-electron chi connectivity index (χ2n) is 5.03. The maximum atomic E-state index is 9.54. The van der Waals surface area contributed by atoms with Crippen LogP contribution in [0.1, 0.15) is 22.5 Å². The van der Waals surface area contributed by atoms with Crippen molar-refractivity contribution in [2.24, 2.45) is 0 Å². The van der Waals surface area contributed by atoms with E-state index in [0.29, 0.717) is 5.69 Å². The molecule has 108 valence electrons. The van der Waals surface area contributed by atoms with Crippen molar-refractivity contribution in [1.82, 2.24) is 20.0 Å². The number of aromatic nitrogens is 4. The predicted molar refractivity (Wildman–Crippen MR) is 82.6 cm³/mol. The van der Waals surface area contributed by atoms with Gasteiger partial charge in [0.25, 0.3) is 0 Å². The molecule has 1 N–H and O–H groups in total. The van der Waals surface area contributed by atoms with Gasteiger partial charge in [0.1, 0.15) is 11.4 Å². The van der Waals surface area contributed by atoms with Crippen molar-refractivity contribution in [3.63, 3.8) is 0 Å². The number of benzene rings is 1. The Hall–Kier alpha value is -2.05. The quantitative estimate of drug-likeness (QED) is 0.808. The largest absolute Gasteiger partial charge is 0.390 e. The van der Waals surface area contributed by atoms with E-state index in [9.17, 15) is 5.11 Å². The molecule has 0 aliphatic carbocycles. The van der Waals surface area contributed by atoms with Crippen LogP contribution >= 0.6 is 11.3 Å². The number of thiazole rings is 1. The summed E-state index contributed by atoms with van der Waals surface area (Å²) in [6.45, 7) is 5.94. The number of hydrogen-bond donors (Lipinski definition) is 1. The summed E-state index contributed by atoms with van der Waals surface area (Å²) in [6.07, 6.45) is 0. The molecule has 0 saturated carbocycles. The van der Waals surface area contributed by atoms with Crippen molar-refractivity contribution in [2.75, 3.05) is 0 Å². The molecule has 0 atom stereocenters. The highest BCUT2D eigenvalue weighted by atomic mass is 32.1. The maximum absolute atomic E-state index is 9.54. The summed E-state index contributed by atoms with van der Waals surface area (Å²) in [4.78, 5) is 4.45. The minimum Gasteiger partial charge on any atom is -0.390 e. The number of hydrogen-bond acceptors (Lipinski definition) is 5. The predicted octanol–water partition coefficient (Wildman–Crippen LogP) is 2.81. The van der Waals surface area contributed by atoms with Crippen LogP contribution in [0.15, 0.2) is 23.6 Å². The molecule has 0 aliphatic heterocycles. The summed E-state index contributed by atoms with van der Waals surface area (Å²) >= 11 is 1.51. The molecule has 0 unspecified atom stereocenters. The van der Waals surface area contributed by atoms with Crippen molar-refractivity contribution in [2.45, 2.75) is 27.4 Å². The molecule has 0 aliphatic rings. The minimum atomic E-state index is -0.146. The van der Waals surface area contributed by atoms with E-state index in [4.69, 9.17) is 0 Å². The van der Waals surface area contributed by atoms with Crippen LogP contribution in [0, 0.1) is 20.8 Å². The standard InChI is InChI=1S/C15H16N4OS/c1-9-4-5-12(6-10(9)2)14-13(7-20)17-18-19(14)15-16-11(3)8-21-15/h4-6,8,20H,7H2,1-3H3. The van der Waals surface area contributed by atoms with Gasteiger partial charge in [-0.3, -0.25) is 0 Å². The van der Waals surface area contributed by atoms with Crippen LogP contribution in [0.3, 0.4) is 0 Å². The number of nitrogens with zero attached hydrogens (tertiary/aromatic N) is 4. The van der Waals surface area contributed by atoms with Crippen molar-refractivity contribution in [3.05, 3.63) is 46.1 Å². The van der Waals surface area contributed by atoms with Gasteiger partial charge in [0, 0.05) is 10.9 Å². The van der Waals surface area contributed by atoms with E-state index in [1.807, 2.05) is 18.4 Å². The third-order valence-corrected chi connectivity index (χ3v) is 4.39. The van der Waals surface area contributed by atoms with E-state index in [0.717, 1.165) is 22.1 Å². The molecule has 3 rings (SSSR count). The van der Waals surface area contributed by atoms with Crippen molar-refractivity contribution >= 4 is 11.3 Å². The normalized spacial score (nSPS) is 11.0. The van der Waals surface area contributed by atoms with Gasteiger partial charge in [0.05, 0.1) is 12.3 Å². The molecule has 3 aromatic rings. The third-order valence-electron chi connectivity index (χ3n) is 3.46. The van der Waals surface area contributed by atoms with Gasteiger partial charge in [0.15, 0.2) is 0 Å². The first-order chi connectivity index (χ1) is 10.1.